The topological polar surface area (TPSA) is 46.3 Å². The number of halogens is 2. The van der Waals surface area contributed by atoms with Crippen LogP contribution in [-0.2, 0) is 4.79 Å². The van der Waals surface area contributed by atoms with Gasteiger partial charge in [-0.2, -0.15) is 0 Å². The lowest BCUT2D eigenvalue weighted by atomic mass is 9.92. The van der Waals surface area contributed by atoms with E-state index in [4.69, 9.17) is 28.9 Å². The molecule has 1 saturated heterocycles. The van der Waals surface area contributed by atoms with E-state index in [1.807, 2.05) is 31.7 Å². The maximum atomic E-state index is 12.6. The molecule has 21 heavy (non-hydrogen) atoms. The fourth-order valence-electron chi connectivity index (χ4n) is 3.02. The Morgan fingerprint density at radius 1 is 1.29 bits per heavy atom. The highest BCUT2D eigenvalue weighted by Gasteiger charge is 2.39. The maximum absolute atomic E-state index is 12.6. The lowest BCUT2D eigenvalue weighted by Gasteiger charge is -2.43. The quantitative estimate of drug-likeness (QED) is 0.840. The Hall–Kier alpha value is -0.770. The molecule has 0 bridgehead atoms. The van der Waals surface area contributed by atoms with Crippen LogP contribution in [0, 0.1) is 0 Å². The van der Waals surface area contributed by atoms with Gasteiger partial charge in [0.25, 0.3) is 0 Å². The second-order valence-corrected chi connectivity index (χ2v) is 7.44. The average Bonchev–Trinajstić information content (AvgIpc) is 2.51. The van der Waals surface area contributed by atoms with Crippen LogP contribution in [0.4, 0.5) is 0 Å². The first-order chi connectivity index (χ1) is 9.71. The van der Waals surface area contributed by atoms with E-state index in [-0.39, 0.29) is 23.5 Å². The predicted octanol–water partition coefficient (Wildman–Crippen LogP) is 4.17. The van der Waals surface area contributed by atoms with Crippen molar-refractivity contribution >= 4 is 29.1 Å². The molecule has 1 amide bonds. The molecule has 2 rings (SSSR count). The number of hydrogen-bond donors (Lipinski definition) is 1. The Kier molecular flexibility index (Phi) is 4.86. The molecule has 1 aromatic rings. The van der Waals surface area contributed by atoms with Crippen molar-refractivity contribution in [3.8, 4) is 0 Å². The number of rotatable bonds is 1. The van der Waals surface area contributed by atoms with Crippen LogP contribution in [0.1, 0.15) is 51.6 Å². The monoisotopic (exact) mass is 328 g/mol. The summed E-state index contributed by atoms with van der Waals surface area (Å²) in [6, 6.07) is 4.95. The van der Waals surface area contributed by atoms with Gasteiger partial charge in [-0.1, -0.05) is 23.2 Å². The lowest BCUT2D eigenvalue weighted by Crippen LogP contribution is -2.51. The van der Waals surface area contributed by atoms with Crippen molar-refractivity contribution in [2.24, 2.45) is 5.73 Å². The number of likely N-dealkylation sites (tertiary alicyclic amines) is 1. The van der Waals surface area contributed by atoms with Crippen LogP contribution in [0.5, 0.6) is 0 Å². The molecule has 2 atom stereocenters. The fraction of sp³-hybridized carbons (Fsp3) is 0.562. The summed E-state index contributed by atoms with van der Waals surface area (Å²) in [7, 11) is 0. The van der Waals surface area contributed by atoms with Gasteiger partial charge in [0.05, 0.1) is 6.04 Å². The molecule has 1 heterocycles. The van der Waals surface area contributed by atoms with Gasteiger partial charge in [0.15, 0.2) is 0 Å². The number of benzene rings is 1. The van der Waals surface area contributed by atoms with Gasteiger partial charge in [0.1, 0.15) is 0 Å². The summed E-state index contributed by atoms with van der Waals surface area (Å²) < 4.78 is 0. The highest BCUT2D eigenvalue weighted by molar-refractivity contribution is 6.33. The Labute approximate surface area is 136 Å². The number of carbonyl (C=O) groups is 1. The molecule has 0 aliphatic carbocycles. The van der Waals surface area contributed by atoms with Crippen LogP contribution in [0.15, 0.2) is 18.2 Å². The Morgan fingerprint density at radius 3 is 2.57 bits per heavy atom. The summed E-state index contributed by atoms with van der Waals surface area (Å²) in [5.74, 6) is 0.122. The van der Waals surface area contributed by atoms with Crippen LogP contribution in [0.2, 0.25) is 10.0 Å². The van der Waals surface area contributed by atoms with Crippen molar-refractivity contribution in [2.45, 2.75) is 57.7 Å². The first-order valence-corrected chi connectivity index (χ1v) is 8.00. The van der Waals surface area contributed by atoms with Crippen molar-refractivity contribution in [3.63, 3.8) is 0 Å². The summed E-state index contributed by atoms with van der Waals surface area (Å²) in [5, 5.41) is 1.20. The molecule has 1 aromatic carbocycles. The van der Waals surface area contributed by atoms with Gasteiger partial charge >= 0.3 is 0 Å². The van der Waals surface area contributed by atoms with E-state index in [1.165, 1.54) is 0 Å². The molecular weight excluding hydrogens is 307 g/mol. The molecule has 3 nitrogen and oxygen atoms in total. The van der Waals surface area contributed by atoms with Gasteiger partial charge in [0.2, 0.25) is 5.91 Å². The van der Waals surface area contributed by atoms with Gasteiger partial charge in [-0.25, -0.2) is 0 Å². The Balaban J connectivity index is 2.57. The molecule has 0 aromatic heterocycles. The average molecular weight is 329 g/mol. The Bertz CT molecular complexity index is 540. The molecule has 0 saturated carbocycles. The molecule has 116 valence electrons. The van der Waals surface area contributed by atoms with Crippen molar-refractivity contribution in [1.82, 2.24) is 4.90 Å². The highest BCUT2D eigenvalue weighted by atomic mass is 35.5. The minimum absolute atomic E-state index is 0.122. The van der Waals surface area contributed by atoms with Crippen LogP contribution in [0.25, 0.3) is 0 Å². The third kappa shape index (κ3) is 3.53. The fourth-order valence-corrected chi connectivity index (χ4v) is 3.43. The van der Waals surface area contributed by atoms with Gasteiger partial charge in [-0.05, 0) is 57.4 Å². The van der Waals surface area contributed by atoms with Crippen LogP contribution in [-0.4, -0.2) is 22.4 Å². The van der Waals surface area contributed by atoms with Crippen LogP contribution >= 0.6 is 23.2 Å². The number of carbonyl (C=O) groups excluding carboxylic acids is 1. The van der Waals surface area contributed by atoms with Gasteiger partial charge in [0, 0.05) is 28.0 Å². The van der Waals surface area contributed by atoms with Gasteiger partial charge in [-0.3, -0.25) is 4.79 Å². The van der Waals surface area contributed by atoms with E-state index in [0.717, 1.165) is 18.4 Å². The number of nitrogens with two attached hydrogens (primary N) is 1. The zero-order valence-electron chi connectivity index (χ0n) is 12.7. The van der Waals surface area contributed by atoms with E-state index < -0.39 is 0 Å². The molecule has 0 spiro atoms. The summed E-state index contributed by atoms with van der Waals surface area (Å²) in [6.45, 7) is 6.07. The van der Waals surface area contributed by atoms with Crippen molar-refractivity contribution in [2.75, 3.05) is 0 Å². The summed E-state index contributed by atoms with van der Waals surface area (Å²) >= 11 is 12.5. The number of amides is 1. The van der Waals surface area contributed by atoms with Gasteiger partial charge < -0.3 is 10.6 Å². The number of hydrogen-bond acceptors (Lipinski definition) is 2. The second kappa shape index (κ2) is 6.15. The molecule has 0 radical (unpaired) electrons. The van der Waals surface area contributed by atoms with E-state index >= 15 is 0 Å². The third-order valence-electron chi connectivity index (χ3n) is 3.88. The molecule has 2 unspecified atom stereocenters. The van der Waals surface area contributed by atoms with Crippen molar-refractivity contribution in [3.05, 3.63) is 33.8 Å². The zero-order valence-corrected chi connectivity index (χ0v) is 14.2. The molecule has 1 aliphatic heterocycles. The van der Waals surface area contributed by atoms with Crippen LogP contribution < -0.4 is 5.73 Å². The van der Waals surface area contributed by atoms with E-state index in [2.05, 4.69) is 0 Å². The largest absolute Gasteiger partial charge is 0.329 e. The zero-order chi connectivity index (χ0) is 15.8. The predicted molar refractivity (Wildman–Crippen MR) is 87.6 cm³/mol. The highest BCUT2D eigenvalue weighted by Crippen LogP contribution is 2.39. The maximum Gasteiger partial charge on any atom is 0.223 e. The molecule has 2 N–H and O–H groups in total. The summed E-state index contributed by atoms with van der Waals surface area (Å²) in [5.41, 5.74) is 6.89. The van der Waals surface area contributed by atoms with Crippen molar-refractivity contribution in [1.29, 1.82) is 0 Å². The molecule has 1 fully saturated rings. The van der Waals surface area contributed by atoms with E-state index in [0.29, 0.717) is 16.5 Å². The summed E-state index contributed by atoms with van der Waals surface area (Å²) in [6.07, 6.45) is 2.13. The summed E-state index contributed by atoms with van der Waals surface area (Å²) in [4.78, 5) is 14.5. The normalized spacial score (nSPS) is 24.1. The SMILES string of the molecule is CC(C)(C)N1C(=O)CCCC(N)C1c1cc(Cl)ccc1Cl. The molecular formula is C16H22Cl2N2O. The first kappa shape index (κ1) is 16.6. The minimum atomic E-state index is -0.324. The van der Waals surface area contributed by atoms with Crippen LogP contribution in [0.3, 0.4) is 0 Å². The van der Waals surface area contributed by atoms with Crippen molar-refractivity contribution < 1.29 is 4.79 Å². The second-order valence-electron chi connectivity index (χ2n) is 6.60. The first-order valence-electron chi connectivity index (χ1n) is 7.24. The third-order valence-corrected chi connectivity index (χ3v) is 4.46. The van der Waals surface area contributed by atoms with E-state index in [9.17, 15) is 4.79 Å². The minimum Gasteiger partial charge on any atom is -0.329 e. The van der Waals surface area contributed by atoms with Gasteiger partial charge in [-0.15, -0.1) is 0 Å². The standard InChI is InChI=1S/C16H22Cl2N2O/c1-16(2,3)20-14(21)6-4-5-13(19)15(20)11-9-10(17)7-8-12(11)18/h7-9,13,15H,4-6,19H2,1-3H3. The molecule has 1 aliphatic rings. The smallest absolute Gasteiger partial charge is 0.223 e. The number of nitrogens with zero attached hydrogens (tertiary/aromatic N) is 1. The lowest BCUT2D eigenvalue weighted by molar-refractivity contribution is -0.139. The molecule has 5 heteroatoms. The van der Waals surface area contributed by atoms with E-state index in [1.54, 1.807) is 12.1 Å². The Morgan fingerprint density at radius 2 is 1.95 bits per heavy atom.